The summed E-state index contributed by atoms with van der Waals surface area (Å²) in [7, 11) is 0. The molecule has 0 bridgehead atoms. The van der Waals surface area contributed by atoms with Crippen molar-refractivity contribution in [1.29, 1.82) is 0 Å². The van der Waals surface area contributed by atoms with Crippen molar-refractivity contribution in [1.82, 2.24) is 4.98 Å². The molecule has 2 heteroatoms. The largest absolute Gasteiger partial charge is 0.376 e. The highest BCUT2D eigenvalue weighted by atomic mass is 16.5. The van der Waals surface area contributed by atoms with Crippen LogP contribution in [0.4, 0.5) is 0 Å². The Labute approximate surface area is 610 Å². The Hall–Kier alpha value is -4.40. The summed E-state index contributed by atoms with van der Waals surface area (Å²) < 4.78 is 5.30. The minimum absolute atomic E-state index is 0.500. The summed E-state index contributed by atoms with van der Waals surface area (Å²) in [5, 5.41) is 1.28. The molecule has 4 aliphatic rings. The smallest absolute Gasteiger partial charge is 0.0719 e. The molecular formula is C95H169NO. The molecule has 1 N–H and O–H groups in total. The van der Waals surface area contributed by atoms with Gasteiger partial charge >= 0.3 is 0 Å². The first kappa shape index (κ1) is 101. The topological polar surface area (TPSA) is 25.0 Å². The molecule has 1 aromatic heterocycles. The molecule has 0 fully saturated rings. The number of hydrogen-bond donors (Lipinski definition) is 1. The number of fused-ring (bicyclic) bond motifs is 5. The average molecular weight is 1340 g/mol. The van der Waals surface area contributed by atoms with E-state index in [0.29, 0.717) is 54.1 Å². The monoisotopic (exact) mass is 1340 g/mol. The van der Waals surface area contributed by atoms with Crippen molar-refractivity contribution in [2.45, 2.75) is 354 Å². The number of hydrogen-bond acceptors (Lipinski definition) is 1. The zero-order valence-corrected chi connectivity index (χ0v) is 72.8. The van der Waals surface area contributed by atoms with E-state index in [1.165, 1.54) is 86.2 Å². The summed E-state index contributed by atoms with van der Waals surface area (Å²) in [6.45, 7) is 89.2. The second-order valence-electron chi connectivity index (χ2n) is 42.9. The van der Waals surface area contributed by atoms with E-state index in [2.05, 4.69) is 397 Å². The van der Waals surface area contributed by atoms with Gasteiger partial charge in [0, 0.05) is 11.7 Å². The standard InChI is InChI=1S/C10H12.C9H10O.2C9H10.C8H7N.10C5H12/c1-2-6-10-8-4-3-7-9(10)5-1;1-2-4-9-7-10-6-5-8(9)3-1;2*1-2-5-9-7-3-6-8(9)4-1;1-2-4-8-7(3-1)5-6-9-8;10*1-5(2,3)4/h1-2,5-6H,3-4,7-8H2;1-4H,5-7H2;2*1-2,4-5H,3,6-7H2;1-6,9H;10*1-4H3. The van der Waals surface area contributed by atoms with Gasteiger partial charge in [-0.25, -0.2) is 0 Å². The van der Waals surface area contributed by atoms with Gasteiger partial charge in [0.1, 0.15) is 0 Å². The predicted molar refractivity (Wildman–Crippen MR) is 449 cm³/mol. The molecule has 0 spiro atoms. The maximum atomic E-state index is 5.30. The van der Waals surface area contributed by atoms with E-state index in [1.807, 2.05) is 18.3 Å². The minimum Gasteiger partial charge on any atom is -0.376 e. The second-order valence-corrected chi connectivity index (χ2v) is 42.9. The maximum Gasteiger partial charge on any atom is 0.0719 e. The highest BCUT2D eigenvalue weighted by Gasteiger charge is 2.10. The van der Waals surface area contributed by atoms with Crippen LogP contribution in [0.1, 0.15) is 347 Å². The Kier molecular flexibility index (Phi) is 52.2. The lowest BCUT2D eigenvalue weighted by Crippen LogP contribution is -2.08. The molecule has 0 unspecified atom stereocenters. The summed E-state index contributed by atoms with van der Waals surface area (Å²) in [6, 6.07) is 45.0. The van der Waals surface area contributed by atoms with Crippen LogP contribution in [0.3, 0.4) is 0 Å². The number of aryl methyl sites for hydroxylation is 6. The van der Waals surface area contributed by atoms with Crippen LogP contribution in [-0.2, 0) is 56.3 Å². The van der Waals surface area contributed by atoms with E-state index < -0.39 is 0 Å². The number of aromatic nitrogens is 1. The molecule has 6 aromatic rings. The third kappa shape index (κ3) is 108. The molecule has 560 valence electrons. The van der Waals surface area contributed by atoms with Gasteiger partial charge in [-0.05, 0) is 187 Å². The number of nitrogens with one attached hydrogen (secondary N) is 1. The number of rotatable bonds is 0. The second kappa shape index (κ2) is 50.0. The Morgan fingerprint density at radius 1 is 0.216 bits per heavy atom. The van der Waals surface area contributed by atoms with Gasteiger partial charge < -0.3 is 9.72 Å². The number of ether oxygens (including phenoxy) is 1. The Morgan fingerprint density at radius 3 is 0.619 bits per heavy atom. The van der Waals surface area contributed by atoms with E-state index in [4.69, 9.17) is 4.74 Å². The molecule has 0 saturated heterocycles. The first-order chi connectivity index (χ1) is 43.3. The normalized spacial score (nSPS) is 13.4. The van der Waals surface area contributed by atoms with Crippen molar-refractivity contribution in [3.8, 4) is 0 Å². The van der Waals surface area contributed by atoms with E-state index >= 15 is 0 Å². The van der Waals surface area contributed by atoms with Crippen molar-refractivity contribution in [3.63, 3.8) is 0 Å². The van der Waals surface area contributed by atoms with Gasteiger partial charge in [0.05, 0.1) is 13.2 Å². The van der Waals surface area contributed by atoms with Crippen molar-refractivity contribution in [2.75, 3.05) is 6.61 Å². The highest BCUT2D eigenvalue weighted by Crippen LogP contribution is 2.23. The summed E-state index contributed by atoms with van der Waals surface area (Å²) in [5.41, 5.74) is 18.4. The fourth-order valence-corrected chi connectivity index (χ4v) is 7.01. The zero-order valence-electron chi connectivity index (χ0n) is 72.8. The number of H-pyrrole nitrogens is 1. The number of aromatic amines is 1. The summed E-state index contributed by atoms with van der Waals surface area (Å²) in [5.74, 6) is 0. The maximum absolute atomic E-state index is 5.30. The molecule has 0 radical (unpaired) electrons. The van der Waals surface area contributed by atoms with E-state index in [1.54, 1.807) is 33.4 Å². The highest BCUT2D eigenvalue weighted by molar-refractivity contribution is 5.78. The van der Waals surface area contributed by atoms with E-state index in [0.717, 1.165) is 19.6 Å². The molecule has 2 nitrogen and oxygen atoms in total. The molecule has 0 atom stereocenters. The van der Waals surface area contributed by atoms with Gasteiger partial charge in [-0.1, -0.05) is 392 Å². The summed E-state index contributed by atoms with van der Waals surface area (Å²) in [6.07, 6.45) is 16.3. The fourth-order valence-electron chi connectivity index (χ4n) is 7.01. The third-order valence-corrected chi connectivity index (χ3v) is 9.64. The van der Waals surface area contributed by atoms with Gasteiger partial charge in [-0.3, -0.25) is 0 Å². The van der Waals surface area contributed by atoms with Gasteiger partial charge in [0.15, 0.2) is 0 Å². The quantitative estimate of drug-likeness (QED) is 0.161. The lowest BCUT2D eigenvalue weighted by molar-refractivity contribution is 0.111. The predicted octanol–water partition coefficient (Wildman–Crippen LogP) is 31.4. The Morgan fingerprint density at radius 2 is 0.402 bits per heavy atom. The zero-order chi connectivity index (χ0) is 76.9. The van der Waals surface area contributed by atoms with Crippen LogP contribution in [0.15, 0.2) is 134 Å². The fraction of sp³-hybridized carbons (Fsp3) is 0.663. The van der Waals surface area contributed by atoms with E-state index in [-0.39, 0.29) is 0 Å². The van der Waals surface area contributed by atoms with E-state index in [9.17, 15) is 0 Å². The first-order valence-corrected chi connectivity index (χ1v) is 37.7. The van der Waals surface area contributed by atoms with Crippen LogP contribution in [0.2, 0.25) is 0 Å². The van der Waals surface area contributed by atoms with Crippen LogP contribution in [0.25, 0.3) is 10.9 Å². The Bertz CT molecular complexity index is 2290. The molecule has 1 aliphatic heterocycles. The Balaban J connectivity index is -0.000000315. The van der Waals surface area contributed by atoms with Crippen LogP contribution < -0.4 is 0 Å². The van der Waals surface area contributed by atoms with Gasteiger partial charge in [-0.15, -0.1) is 0 Å². The molecule has 5 aromatic carbocycles. The van der Waals surface area contributed by atoms with Gasteiger partial charge in [0.2, 0.25) is 0 Å². The van der Waals surface area contributed by atoms with Crippen LogP contribution in [0.5, 0.6) is 0 Å². The molecule has 2 heterocycles. The number of benzene rings is 5. The molecule has 0 amide bonds. The van der Waals surface area contributed by atoms with Gasteiger partial charge in [-0.2, -0.15) is 0 Å². The molecule has 3 aliphatic carbocycles. The lowest BCUT2D eigenvalue weighted by atomic mass is 9.92. The van der Waals surface area contributed by atoms with Crippen LogP contribution in [-0.4, -0.2) is 11.6 Å². The summed E-state index contributed by atoms with van der Waals surface area (Å²) in [4.78, 5) is 3.12. The number of para-hydroxylation sites is 1. The van der Waals surface area contributed by atoms with Crippen LogP contribution >= 0.6 is 0 Å². The average Bonchev–Trinajstić information content (AvgIpc) is 1.15. The SMILES string of the molecule is CC(C)(C)C.CC(C)(C)C.CC(C)(C)C.CC(C)(C)C.CC(C)(C)C.CC(C)(C)C.CC(C)(C)C.CC(C)(C)C.CC(C)(C)C.CC(C)(C)C.c1ccc2[nH]ccc2c1.c1ccc2c(c1)CCC2.c1ccc2c(c1)CCC2.c1ccc2c(c1)CCCC2.c1ccc2c(c1)CCOC2. The lowest BCUT2D eigenvalue weighted by Gasteiger charge is -2.14. The van der Waals surface area contributed by atoms with Gasteiger partial charge in [0.25, 0.3) is 0 Å². The first-order valence-electron chi connectivity index (χ1n) is 37.7. The van der Waals surface area contributed by atoms with Crippen molar-refractivity contribution in [2.24, 2.45) is 54.1 Å². The van der Waals surface area contributed by atoms with Crippen LogP contribution in [0, 0.1) is 54.1 Å². The molecule has 0 saturated carbocycles. The van der Waals surface area contributed by atoms with Crippen molar-refractivity contribution in [3.05, 3.63) is 178 Å². The molecule has 97 heavy (non-hydrogen) atoms. The van der Waals surface area contributed by atoms with Crippen molar-refractivity contribution >= 4 is 10.9 Å². The third-order valence-electron chi connectivity index (χ3n) is 9.64. The minimum atomic E-state index is 0.500. The molecule has 10 rings (SSSR count). The van der Waals surface area contributed by atoms with Crippen molar-refractivity contribution < 1.29 is 4.74 Å². The summed E-state index contributed by atoms with van der Waals surface area (Å²) >= 11 is 0. The molecular weight excluding hydrogens is 1170 g/mol.